The quantitative estimate of drug-likeness (QED) is 0.899. The van der Waals surface area contributed by atoms with E-state index in [0.29, 0.717) is 13.1 Å². The molecule has 104 valence electrons. The molecule has 0 radical (unpaired) electrons. The van der Waals surface area contributed by atoms with Gasteiger partial charge < -0.3 is 15.4 Å². The van der Waals surface area contributed by atoms with Gasteiger partial charge in [-0.15, -0.1) is 0 Å². The van der Waals surface area contributed by atoms with E-state index in [4.69, 9.17) is 5.73 Å². The van der Waals surface area contributed by atoms with Gasteiger partial charge in [0.05, 0.1) is 6.42 Å². The first-order valence-electron chi connectivity index (χ1n) is 6.11. The summed E-state index contributed by atoms with van der Waals surface area (Å²) in [4.78, 5) is 13.7. The number of nitrogens with two attached hydrogens (primary N) is 1. The number of nitrogens with zero attached hydrogens (tertiary/aromatic N) is 1. The van der Waals surface area contributed by atoms with Gasteiger partial charge in [0, 0.05) is 19.1 Å². The summed E-state index contributed by atoms with van der Waals surface area (Å²) in [5.41, 5.74) is 6.51. The molecule has 0 spiro atoms. The van der Waals surface area contributed by atoms with E-state index >= 15 is 0 Å². The first-order chi connectivity index (χ1) is 9.04. The standard InChI is InChI=1S/C13H16F2N2O2/c14-13(15)19-11-3-1-9(2-4-11)7-12(18)17-6-5-10(16)8-17/h1-4,10,13H,5-8,16H2/t10-/m1/s1. The van der Waals surface area contributed by atoms with Crippen molar-refractivity contribution in [2.75, 3.05) is 13.1 Å². The zero-order valence-electron chi connectivity index (χ0n) is 10.4. The molecule has 1 fully saturated rings. The second kappa shape index (κ2) is 5.97. The molecule has 1 aromatic rings. The second-order valence-electron chi connectivity index (χ2n) is 4.59. The lowest BCUT2D eigenvalue weighted by molar-refractivity contribution is -0.129. The maximum Gasteiger partial charge on any atom is 0.387 e. The van der Waals surface area contributed by atoms with Crippen molar-refractivity contribution in [3.63, 3.8) is 0 Å². The zero-order valence-corrected chi connectivity index (χ0v) is 10.4. The fraction of sp³-hybridized carbons (Fsp3) is 0.462. The molecule has 1 aromatic carbocycles. The van der Waals surface area contributed by atoms with Gasteiger partial charge in [-0.2, -0.15) is 8.78 Å². The maximum absolute atomic E-state index is 12.0. The molecule has 1 heterocycles. The Balaban J connectivity index is 1.90. The summed E-state index contributed by atoms with van der Waals surface area (Å²) < 4.78 is 28.2. The Kier molecular flexibility index (Phi) is 4.31. The fourth-order valence-electron chi connectivity index (χ4n) is 2.09. The third kappa shape index (κ3) is 3.89. The van der Waals surface area contributed by atoms with Crippen molar-refractivity contribution in [2.24, 2.45) is 5.73 Å². The Labute approximate surface area is 110 Å². The highest BCUT2D eigenvalue weighted by Crippen LogP contribution is 2.16. The van der Waals surface area contributed by atoms with E-state index in [1.807, 2.05) is 0 Å². The van der Waals surface area contributed by atoms with E-state index in [9.17, 15) is 13.6 Å². The minimum atomic E-state index is -2.83. The van der Waals surface area contributed by atoms with Crippen LogP contribution in [0.3, 0.4) is 0 Å². The molecule has 1 amide bonds. The van der Waals surface area contributed by atoms with Crippen LogP contribution < -0.4 is 10.5 Å². The van der Waals surface area contributed by atoms with Crippen LogP contribution in [0, 0.1) is 0 Å². The highest BCUT2D eigenvalue weighted by molar-refractivity contribution is 5.79. The van der Waals surface area contributed by atoms with Crippen LogP contribution in [0.1, 0.15) is 12.0 Å². The summed E-state index contributed by atoms with van der Waals surface area (Å²) in [6, 6.07) is 6.16. The highest BCUT2D eigenvalue weighted by atomic mass is 19.3. The molecular weight excluding hydrogens is 254 g/mol. The Bertz CT molecular complexity index is 437. The highest BCUT2D eigenvalue weighted by Gasteiger charge is 2.23. The smallest absolute Gasteiger partial charge is 0.387 e. The average molecular weight is 270 g/mol. The second-order valence-corrected chi connectivity index (χ2v) is 4.59. The van der Waals surface area contributed by atoms with Gasteiger partial charge in [-0.25, -0.2) is 0 Å². The summed E-state index contributed by atoms with van der Waals surface area (Å²) >= 11 is 0. The predicted octanol–water partition coefficient (Wildman–Crippen LogP) is 1.39. The minimum Gasteiger partial charge on any atom is -0.435 e. The van der Waals surface area contributed by atoms with E-state index in [-0.39, 0.29) is 24.1 Å². The lowest BCUT2D eigenvalue weighted by atomic mass is 10.1. The van der Waals surface area contributed by atoms with Crippen LogP contribution in [-0.4, -0.2) is 36.5 Å². The van der Waals surface area contributed by atoms with Crippen LogP contribution in [0.4, 0.5) is 8.78 Å². The first kappa shape index (κ1) is 13.7. The molecule has 1 aliphatic heterocycles. The van der Waals surface area contributed by atoms with E-state index < -0.39 is 6.61 Å². The van der Waals surface area contributed by atoms with Crippen LogP contribution in [0.5, 0.6) is 5.75 Å². The number of hydrogen-bond donors (Lipinski definition) is 1. The van der Waals surface area contributed by atoms with Crippen molar-refractivity contribution >= 4 is 5.91 Å². The van der Waals surface area contributed by atoms with Gasteiger partial charge in [0.1, 0.15) is 5.75 Å². The Hall–Kier alpha value is -1.69. The number of halogens is 2. The molecular formula is C13H16F2N2O2. The molecule has 0 aliphatic carbocycles. The lowest BCUT2D eigenvalue weighted by Gasteiger charge is -2.15. The molecule has 4 nitrogen and oxygen atoms in total. The number of rotatable bonds is 4. The van der Waals surface area contributed by atoms with Gasteiger partial charge in [0.15, 0.2) is 0 Å². The molecule has 0 bridgehead atoms. The van der Waals surface area contributed by atoms with Crippen LogP contribution >= 0.6 is 0 Å². The molecule has 0 unspecified atom stereocenters. The molecule has 2 rings (SSSR count). The number of benzene rings is 1. The van der Waals surface area contributed by atoms with Crippen molar-refractivity contribution < 1.29 is 18.3 Å². The van der Waals surface area contributed by atoms with Crippen molar-refractivity contribution in [1.82, 2.24) is 4.90 Å². The molecule has 1 atom stereocenters. The van der Waals surface area contributed by atoms with E-state index in [1.54, 1.807) is 17.0 Å². The summed E-state index contributed by atoms with van der Waals surface area (Å²) in [7, 11) is 0. The van der Waals surface area contributed by atoms with Gasteiger partial charge in [-0.1, -0.05) is 12.1 Å². The topological polar surface area (TPSA) is 55.6 Å². The fourth-order valence-corrected chi connectivity index (χ4v) is 2.09. The summed E-state index contributed by atoms with van der Waals surface area (Å²) in [5, 5.41) is 0. The number of ether oxygens (including phenoxy) is 1. The molecule has 2 N–H and O–H groups in total. The number of alkyl halides is 2. The van der Waals surface area contributed by atoms with Crippen LogP contribution in [-0.2, 0) is 11.2 Å². The van der Waals surface area contributed by atoms with Crippen molar-refractivity contribution in [2.45, 2.75) is 25.5 Å². The van der Waals surface area contributed by atoms with Crippen molar-refractivity contribution in [3.05, 3.63) is 29.8 Å². The molecule has 19 heavy (non-hydrogen) atoms. The SMILES string of the molecule is N[C@@H]1CCN(C(=O)Cc2ccc(OC(F)F)cc2)C1. The monoisotopic (exact) mass is 270 g/mol. The van der Waals surface area contributed by atoms with Crippen molar-refractivity contribution in [3.8, 4) is 5.75 Å². The molecule has 1 aliphatic rings. The zero-order chi connectivity index (χ0) is 13.8. The minimum absolute atomic E-state index is 0.00970. The van der Waals surface area contributed by atoms with Crippen molar-refractivity contribution in [1.29, 1.82) is 0 Å². The van der Waals surface area contributed by atoms with Crippen LogP contribution in [0.2, 0.25) is 0 Å². The number of amides is 1. The first-order valence-corrected chi connectivity index (χ1v) is 6.11. The number of hydrogen-bond acceptors (Lipinski definition) is 3. The largest absolute Gasteiger partial charge is 0.435 e. The number of carbonyl (C=O) groups is 1. The third-order valence-electron chi connectivity index (χ3n) is 3.08. The van der Waals surface area contributed by atoms with Gasteiger partial charge in [0.25, 0.3) is 0 Å². The third-order valence-corrected chi connectivity index (χ3v) is 3.08. The molecule has 0 saturated carbocycles. The Morgan fingerprint density at radius 1 is 1.42 bits per heavy atom. The lowest BCUT2D eigenvalue weighted by Crippen LogP contribution is -2.32. The summed E-state index contributed by atoms with van der Waals surface area (Å²) in [6.45, 7) is -1.56. The number of likely N-dealkylation sites (tertiary alicyclic amines) is 1. The summed E-state index contributed by atoms with van der Waals surface area (Å²) in [6.07, 6.45) is 1.08. The average Bonchev–Trinajstić information content (AvgIpc) is 2.78. The predicted molar refractivity (Wildman–Crippen MR) is 66.0 cm³/mol. The molecule has 6 heteroatoms. The Morgan fingerprint density at radius 3 is 2.63 bits per heavy atom. The Morgan fingerprint density at radius 2 is 2.11 bits per heavy atom. The van der Waals surface area contributed by atoms with Gasteiger partial charge >= 0.3 is 6.61 Å². The van der Waals surface area contributed by atoms with Gasteiger partial charge in [-0.05, 0) is 24.1 Å². The normalized spacial score (nSPS) is 18.9. The van der Waals surface area contributed by atoms with Gasteiger partial charge in [-0.3, -0.25) is 4.79 Å². The van der Waals surface area contributed by atoms with E-state index in [0.717, 1.165) is 12.0 Å². The van der Waals surface area contributed by atoms with E-state index in [2.05, 4.69) is 4.74 Å². The molecule has 0 aromatic heterocycles. The maximum atomic E-state index is 12.0. The summed E-state index contributed by atoms with van der Waals surface area (Å²) in [5.74, 6) is 0.102. The number of carbonyl (C=O) groups excluding carboxylic acids is 1. The van der Waals surface area contributed by atoms with Crippen LogP contribution in [0.25, 0.3) is 0 Å². The van der Waals surface area contributed by atoms with Gasteiger partial charge in [0.2, 0.25) is 5.91 Å². The molecule has 1 saturated heterocycles. The van der Waals surface area contributed by atoms with Crippen LogP contribution in [0.15, 0.2) is 24.3 Å². The van der Waals surface area contributed by atoms with E-state index in [1.165, 1.54) is 12.1 Å².